The van der Waals surface area contributed by atoms with Crippen molar-refractivity contribution >= 4 is 9.04 Å². The van der Waals surface area contributed by atoms with E-state index in [-0.39, 0.29) is 0 Å². The first-order valence-electron chi connectivity index (χ1n) is 4.44. The third-order valence-corrected chi connectivity index (χ3v) is 2.59. The third kappa shape index (κ3) is 3.69. The van der Waals surface area contributed by atoms with Gasteiger partial charge in [-0.2, -0.15) is 0 Å². The summed E-state index contributed by atoms with van der Waals surface area (Å²) in [5.74, 6) is 0. The molecule has 12 heavy (non-hydrogen) atoms. The van der Waals surface area contributed by atoms with Crippen LogP contribution in [0.4, 0.5) is 0 Å². The molecule has 0 spiro atoms. The molecule has 2 heteroatoms. The third-order valence-electron chi connectivity index (χ3n) is 1.68. The topological polar surface area (TPSA) is 9.23 Å². The Morgan fingerprint density at radius 3 is 2.42 bits per heavy atom. The zero-order chi connectivity index (χ0) is 8.81. The van der Waals surface area contributed by atoms with E-state index >= 15 is 0 Å². The highest BCUT2D eigenvalue weighted by Crippen LogP contribution is 1.99. The van der Waals surface area contributed by atoms with Crippen LogP contribution in [0.2, 0.25) is 13.1 Å². The monoisotopic (exact) mass is 180 g/mol. The maximum Gasteiger partial charge on any atom is 0.170 e. The first-order chi connectivity index (χ1) is 5.79. The van der Waals surface area contributed by atoms with Gasteiger partial charge in [-0.3, -0.25) is 0 Å². The van der Waals surface area contributed by atoms with E-state index in [9.17, 15) is 0 Å². The van der Waals surface area contributed by atoms with Crippen molar-refractivity contribution in [3.63, 3.8) is 0 Å². The largest absolute Gasteiger partial charge is 0.420 e. The van der Waals surface area contributed by atoms with Crippen LogP contribution in [0.1, 0.15) is 5.56 Å². The minimum atomic E-state index is -0.812. The summed E-state index contributed by atoms with van der Waals surface area (Å²) in [5.41, 5.74) is 1.37. The Bertz CT molecular complexity index is 208. The number of rotatable bonds is 4. The maximum atomic E-state index is 5.58. The lowest BCUT2D eigenvalue weighted by Crippen LogP contribution is -2.10. The van der Waals surface area contributed by atoms with Gasteiger partial charge in [-0.05, 0) is 25.1 Å². The lowest BCUT2D eigenvalue weighted by Gasteiger charge is -2.05. The minimum Gasteiger partial charge on any atom is -0.420 e. The molecule has 1 nitrogen and oxygen atoms in total. The number of hydrogen-bond donors (Lipinski definition) is 0. The highest BCUT2D eigenvalue weighted by molar-refractivity contribution is 6.48. The van der Waals surface area contributed by atoms with Crippen LogP contribution in [0.3, 0.4) is 0 Å². The Hall–Kier alpha value is -0.603. The zero-order valence-electron chi connectivity index (χ0n) is 7.79. The Morgan fingerprint density at radius 2 is 1.83 bits per heavy atom. The van der Waals surface area contributed by atoms with Crippen LogP contribution >= 0.6 is 0 Å². The Morgan fingerprint density at radius 1 is 1.17 bits per heavy atom. The highest BCUT2D eigenvalue weighted by Gasteiger charge is 1.95. The van der Waals surface area contributed by atoms with E-state index in [1.165, 1.54) is 5.56 Å². The second-order valence-corrected chi connectivity index (χ2v) is 5.59. The van der Waals surface area contributed by atoms with Gasteiger partial charge < -0.3 is 4.43 Å². The zero-order valence-corrected chi connectivity index (χ0v) is 8.94. The molecular formula is C10H16OSi. The van der Waals surface area contributed by atoms with Gasteiger partial charge >= 0.3 is 0 Å². The molecule has 0 N–H and O–H groups in total. The minimum absolute atomic E-state index is 0.812. The molecule has 1 aromatic carbocycles. The fourth-order valence-electron chi connectivity index (χ4n) is 1.06. The molecule has 0 saturated carbocycles. The van der Waals surface area contributed by atoms with Gasteiger partial charge in [-0.25, -0.2) is 0 Å². The molecule has 0 saturated heterocycles. The summed E-state index contributed by atoms with van der Waals surface area (Å²) < 4.78 is 5.58. The molecule has 0 aliphatic carbocycles. The summed E-state index contributed by atoms with van der Waals surface area (Å²) >= 11 is 0. The molecule has 0 aliphatic rings. The van der Waals surface area contributed by atoms with Crippen molar-refractivity contribution in [2.24, 2.45) is 0 Å². The van der Waals surface area contributed by atoms with Crippen molar-refractivity contribution in [3.05, 3.63) is 35.9 Å². The number of hydrogen-bond acceptors (Lipinski definition) is 1. The standard InChI is InChI=1S/C10H16OSi/c1-12(2)11-9-8-10-6-4-3-5-7-10/h3-7,12H,8-9H2,1-2H3. The molecule has 0 atom stereocenters. The molecule has 0 aliphatic heterocycles. The molecular weight excluding hydrogens is 164 g/mol. The van der Waals surface area contributed by atoms with Crippen LogP contribution in [-0.4, -0.2) is 15.6 Å². The van der Waals surface area contributed by atoms with E-state index < -0.39 is 9.04 Å². The average Bonchev–Trinajstić information content (AvgIpc) is 2.05. The van der Waals surface area contributed by atoms with Gasteiger partial charge in [0.2, 0.25) is 0 Å². The summed E-state index contributed by atoms with van der Waals surface area (Å²) in [4.78, 5) is 0. The van der Waals surface area contributed by atoms with Crippen LogP contribution < -0.4 is 0 Å². The fourth-order valence-corrected chi connectivity index (χ4v) is 1.65. The fraction of sp³-hybridized carbons (Fsp3) is 0.400. The van der Waals surface area contributed by atoms with Gasteiger partial charge in [0.05, 0.1) is 0 Å². The molecule has 1 rings (SSSR count). The first-order valence-corrected chi connectivity index (χ1v) is 7.22. The van der Waals surface area contributed by atoms with Crippen molar-refractivity contribution in [2.45, 2.75) is 19.5 Å². The molecule has 0 unspecified atom stereocenters. The van der Waals surface area contributed by atoms with Crippen LogP contribution in [0, 0.1) is 0 Å². The van der Waals surface area contributed by atoms with Crippen molar-refractivity contribution < 1.29 is 4.43 Å². The SMILES string of the molecule is C[SiH](C)OCCc1ccccc1. The van der Waals surface area contributed by atoms with Crippen LogP contribution in [0.25, 0.3) is 0 Å². The first kappa shape index (κ1) is 9.48. The summed E-state index contributed by atoms with van der Waals surface area (Å²) in [6.45, 7) is 5.28. The van der Waals surface area contributed by atoms with Gasteiger partial charge in [-0.1, -0.05) is 30.3 Å². The van der Waals surface area contributed by atoms with E-state index in [4.69, 9.17) is 4.43 Å². The second-order valence-electron chi connectivity index (χ2n) is 3.16. The van der Waals surface area contributed by atoms with Gasteiger partial charge in [0.15, 0.2) is 9.04 Å². The van der Waals surface area contributed by atoms with Crippen molar-refractivity contribution in [1.82, 2.24) is 0 Å². The lowest BCUT2D eigenvalue weighted by atomic mass is 10.2. The molecule has 66 valence electrons. The normalized spacial score (nSPS) is 10.6. The summed E-state index contributed by atoms with van der Waals surface area (Å²) in [5, 5.41) is 0. The number of benzene rings is 1. The predicted molar refractivity (Wildman–Crippen MR) is 55.0 cm³/mol. The van der Waals surface area contributed by atoms with Gasteiger partial charge in [-0.15, -0.1) is 0 Å². The van der Waals surface area contributed by atoms with Crippen LogP contribution in [0.15, 0.2) is 30.3 Å². The molecule has 0 bridgehead atoms. The van der Waals surface area contributed by atoms with E-state index in [1.54, 1.807) is 0 Å². The highest BCUT2D eigenvalue weighted by atomic mass is 28.3. The smallest absolute Gasteiger partial charge is 0.170 e. The van der Waals surface area contributed by atoms with E-state index in [2.05, 4.69) is 37.4 Å². The lowest BCUT2D eigenvalue weighted by molar-refractivity contribution is 0.331. The summed E-state index contributed by atoms with van der Waals surface area (Å²) in [7, 11) is -0.812. The Labute approximate surface area is 76.1 Å². The summed E-state index contributed by atoms with van der Waals surface area (Å²) in [6, 6.07) is 10.5. The van der Waals surface area contributed by atoms with E-state index in [1.807, 2.05) is 6.07 Å². The van der Waals surface area contributed by atoms with E-state index in [0.717, 1.165) is 13.0 Å². The molecule has 0 fully saturated rings. The average molecular weight is 180 g/mol. The van der Waals surface area contributed by atoms with Crippen LogP contribution in [-0.2, 0) is 10.8 Å². The van der Waals surface area contributed by atoms with Crippen molar-refractivity contribution in [2.75, 3.05) is 6.61 Å². The van der Waals surface area contributed by atoms with Gasteiger partial charge in [0.1, 0.15) is 0 Å². The Kier molecular flexibility index (Phi) is 4.04. The Balaban J connectivity index is 2.25. The van der Waals surface area contributed by atoms with Gasteiger partial charge in [0, 0.05) is 6.61 Å². The summed E-state index contributed by atoms with van der Waals surface area (Å²) in [6.07, 6.45) is 1.05. The quantitative estimate of drug-likeness (QED) is 0.646. The van der Waals surface area contributed by atoms with Gasteiger partial charge in [0.25, 0.3) is 0 Å². The molecule has 0 heterocycles. The predicted octanol–water partition coefficient (Wildman–Crippen LogP) is 2.23. The van der Waals surface area contributed by atoms with Crippen LogP contribution in [0.5, 0.6) is 0 Å². The molecule has 0 amide bonds. The maximum absolute atomic E-state index is 5.58. The molecule has 0 aromatic heterocycles. The van der Waals surface area contributed by atoms with E-state index in [0.29, 0.717) is 0 Å². The molecule has 1 aromatic rings. The molecule has 0 radical (unpaired) electrons. The second kappa shape index (κ2) is 5.12. The van der Waals surface area contributed by atoms with Crippen molar-refractivity contribution in [3.8, 4) is 0 Å². The van der Waals surface area contributed by atoms with Crippen molar-refractivity contribution in [1.29, 1.82) is 0 Å².